The molecule has 0 spiro atoms. The molecule has 12 heavy (non-hydrogen) atoms. The van der Waals surface area contributed by atoms with Crippen molar-refractivity contribution in [3.05, 3.63) is 25.2 Å². The van der Waals surface area contributed by atoms with Crippen molar-refractivity contribution < 1.29 is 4.74 Å². The van der Waals surface area contributed by atoms with E-state index < -0.39 is 0 Å². The monoisotopic (exact) mass is 234 g/mol. The van der Waals surface area contributed by atoms with Crippen molar-refractivity contribution in [2.45, 2.75) is 0 Å². The van der Waals surface area contributed by atoms with Crippen LogP contribution in [0.3, 0.4) is 0 Å². The second-order valence-corrected chi connectivity index (χ2v) is 2.44. The van der Waals surface area contributed by atoms with Crippen molar-refractivity contribution in [3.63, 3.8) is 0 Å². The van der Waals surface area contributed by atoms with Crippen LogP contribution in [-0.4, -0.2) is 36.7 Å². The molecule has 0 amide bonds. The molecule has 0 aromatic carbocycles. The van der Waals surface area contributed by atoms with Crippen LogP contribution in [0.5, 0.6) is 0 Å². The number of hydrogen-bond donors (Lipinski definition) is 0. The SMILES string of the molecule is Br.C=CN1C=CN(CCOC)C1. The van der Waals surface area contributed by atoms with Gasteiger partial charge in [0.05, 0.1) is 13.3 Å². The average Bonchev–Trinajstić information content (AvgIpc) is 2.48. The molecule has 1 heterocycles. The summed E-state index contributed by atoms with van der Waals surface area (Å²) in [5.74, 6) is 0. The largest absolute Gasteiger partial charge is 0.383 e. The van der Waals surface area contributed by atoms with E-state index in [1.807, 2.05) is 23.5 Å². The molecule has 1 aliphatic rings. The van der Waals surface area contributed by atoms with Crippen molar-refractivity contribution in [1.82, 2.24) is 9.80 Å². The maximum Gasteiger partial charge on any atom is 0.0936 e. The lowest BCUT2D eigenvalue weighted by molar-refractivity contribution is 0.163. The number of methoxy groups -OCH3 is 1. The molecular weight excluding hydrogens is 220 g/mol. The van der Waals surface area contributed by atoms with E-state index >= 15 is 0 Å². The van der Waals surface area contributed by atoms with Gasteiger partial charge in [-0.3, -0.25) is 0 Å². The summed E-state index contributed by atoms with van der Waals surface area (Å²) >= 11 is 0. The predicted octanol–water partition coefficient (Wildman–Crippen LogP) is 1.40. The van der Waals surface area contributed by atoms with Crippen molar-refractivity contribution in [2.24, 2.45) is 0 Å². The Hall–Kier alpha value is -0.480. The van der Waals surface area contributed by atoms with Crippen molar-refractivity contribution in [1.29, 1.82) is 0 Å². The first-order chi connectivity index (χ1) is 5.36. The van der Waals surface area contributed by atoms with Gasteiger partial charge < -0.3 is 14.5 Å². The lowest BCUT2D eigenvalue weighted by atomic mass is 10.6. The third-order valence-corrected chi connectivity index (χ3v) is 1.63. The van der Waals surface area contributed by atoms with Gasteiger partial charge in [-0.2, -0.15) is 0 Å². The molecule has 0 saturated heterocycles. The van der Waals surface area contributed by atoms with E-state index in [-0.39, 0.29) is 17.0 Å². The lowest BCUT2D eigenvalue weighted by Crippen LogP contribution is -2.24. The maximum absolute atomic E-state index is 4.95. The van der Waals surface area contributed by atoms with Gasteiger partial charge in [0.15, 0.2) is 0 Å². The van der Waals surface area contributed by atoms with Crippen LogP contribution in [-0.2, 0) is 4.74 Å². The number of ether oxygens (including phenoxy) is 1. The Labute approximate surface area is 84.1 Å². The van der Waals surface area contributed by atoms with Gasteiger partial charge in [-0.15, -0.1) is 17.0 Å². The Kier molecular flexibility index (Phi) is 5.84. The fourth-order valence-corrected chi connectivity index (χ4v) is 0.956. The summed E-state index contributed by atoms with van der Waals surface area (Å²) in [6.45, 7) is 6.28. The molecule has 4 heteroatoms. The van der Waals surface area contributed by atoms with Crippen molar-refractivity contribution in [3.8, 4) is 0 Å². The molecule has 3 nitrogen and oxygen atoms in total. The van der Waals surface area contributed by atoms with Crippen LogP contribution < -0.4 is 0 Å². The topological polar surface area (TPSA) is 15.7 Å². The molecule has 0 bridgehead atoms. The minimum atomic E-state index is 0. The van der Waals surface area contributed by atoms with Crippen LogP contribution in [0, 0.1) is 0 Å². The first-order valence-electron chi connectivity index (χ1n) is 3.66. The minimum Gasteiger partial charge on any atom is -0.383 e. The van der Waals surface area contributed by atoms with Crippen LogP contribution in [0.15, 0.2) is 25.2 Å². The molecule has 0 radical (unpaired) electrons. The van der Waals surface area contributed by atoms with Gasteiger partial charge in [0.25, 0.3) is 0 Å². The summed E-state index contributed by atoms with van der Waals surface area (Å²) in [7, 11) is 1.71. The van der Waals surface area contributed by atoms with Crippen LogP contribution in [0.25, 0.3) is 0 Å². The molecule has 0 fully saturated rings. The fourth-order valence-electron chi connectivity index (χ4n) is 0.956. The van der Waals surface area contributed by atoms with Gasteiger partial charge in [0.2, 0.25) is 0 Å². The number of rotatable bonds is 4. The van der Waals surface area contributed by atoms with Gasteiger partial charge in [-0.25, -0.2) is 0 Å². The molecule has 70 valence electrons. The van der Waals surface area contributed by atoms with Gasteiger partial charge in [0.1, 0.15) is 0 Å². The Morgan fingerprint density at radius 2 is 2.33 bits per heavy atom. The quantitative estimate of drug-likeness (QED) is 0.732. The van der Waals surface area contributed by atoms with Gasteiger partial charge >= 0.3 is 0 Å². The van der Waals surface area contributed by atoms with Crippen LogP contribution in [0.1, 0.15) is 0 Å². The highest BCUT2D eigenvalue weighted by Crippen LogP contribution is 2.04. The number of hydrogen-bond acceptors (Lipinski definition) is 3. The number of nitrogens with zero attached hydrogens (tertiary/aromatic N) is 2. The van der Waals surface area contributed by atoms with E-state index in [9.17, 15) is 0 Å². The Bertz CT molecular complexity index is 161. The minimum absolute atomic E-state index is 0. The van der Waals surface area contributed by atoms with E-state index in [2.05, 4.69) is 11.5 Å². The first-order valence-corrected chi connectivity index (χ1v) is 3.66. The highest BCUT2D eigenvalue weighted by Gasteiger charge is 2.07. The summed E-state index contributed by atoms with van der Waals surface area (Å²) in [4.78, 5) is 4.20. The fraction of sp³-hybridized carbons (Fsp3) is 0.500. The molecule has 1 aliphatic heterocycles. The van der Waals surface area contributed by atoms with Gasteiger partial charge in [-0.1, -0.05) is 6.58 Å². The highest BCUT2D eigenvalue weighted by molar-refractivity contribution is 8.93. The smallest absolute Gasteiger partial charge is 0.0936 e. The summed E-state index contributed by atoms with van der Waals surface area (Å²) in [6, 6.07) is 0. The Balaban J connectivity index is 0.00000121. The molecule has 0 N–H and O–H groups in total. The predicted molar refractivity (Wildman–Crippen MR) is 54.9 cm³/mol. The van der Waals surface area contributed by atoms with Crippen LogP contribution in [0.4, 0.5) is 0 Å². The first kappa shape index (κ1) is 11.5. The van der Waals surface area contributed by atoms with E-state index in [0.29, 0.717) is 0 Å². The van der Waals surface area contributed by atoms with E-state index in [4.69, 9.17) is 4.74 Å². The molecule has 0 atom stereocenters. The standard InChI is InChI=1S/C8H14N2O.BrH/c1-3-9-4-5-10(8-9)6-7-11-2;/h3-5H,1,6-8H2,2H3;1H. The lowest BCUT2D eigenvalue weighted by Gasteiger charge is -2.17. The van der Waals surface area contributed by atoms with Crippen molar-refractivity contribution in [2.75, 3.05) is 26.9 Å². The normalized spacial score (nSPS) is 14.8. The van der Waals surface area contributed by atoms with E-state index in [0.717, 1.165) is 19.8 Å². The molecule has 0 saturated carbocycles. The zero-order valence-corrected chi connectivity index (χ0v) is 8.98. The summed E-state index contributed by atoms with van der Waals surface area (Å²) in [5.41, 5.74) is 0. The van der Waals surface area contributed by atoms with E-state index in [1.165, 1.54) is 0 Å². The summed E-state index contributed by atoms with van der Waals surface area (Å²) < 4.78 is 4.95. The molecule has 0 unspecified atom stereocenters. The third kappa shape index (κ3) is 3.28. The molecule has 0 aliphatic carbocycles. The molecule has 1 rings (SSSR count). The molecular formula is C8H15BrN2O. The highest BCUT2D eigenvalue weighted by atomic mass is 79.9. The van der Waals surface area contributed by atoms with Gasteiger partial charge in [-0.05, 0) is 6.20 Å². The second kappa shape index (κ2) is 6.08. The summed E-state index contributed by atoms with van der Waals surface area (Å²) in [5, 5.41) is 0. The third-order valence-electron chi connectivity index (χ3n) is 1.63. The van der Waals surface area contributed by atoms with E-state index in [1.54, 1.807) is 7.11 Å². The van der Waals surface area contributed by atoms with Crippen molar-refractivity contribution >= 4 is 17.0 Å². The van der Waals surface area contributed by atoms with Crippen LogP contribution in [0.2, 0.25) is 0 Å². The van der Waals surface area contributed by atoms with Gasteiger partial charge in [0, 0.05) is 26.1 Å². The zero-order valence-electron chi connectivity index (χ0n) is 7.27. The summed E-state index contributed by atoms with van der Waals surface area (Å²) in [6.07, 6.45) is 5.85. The maximum atomic E-state index is 4.95. The van der Waals surface area contributed by atoms with Crippen LogP contribution >= 0.6 is 17.0 Å². The Morgan fingerprint density at radius 1 is 1.58 bits per heavy atom. The zero-order chi connectivity index (χ0) is 8.10. The Morgan fingerprint density at radius 3 is 2.83 bits per heavy atom. The molecule has 0 aromatic rings. The second-order valence-electron chi connectivity index (χ2n) is 2.44. The average molecular weight is 235 g/mol. The number of halogens is 1. The molecule has 0 aromatic heterocycles.